The summed E-state index contributed by atoms with van der Waals surface area (Å²) in [4.78, 5) is 11.6. The highest BCUT2D eigenvalue weighted by molar-refractivity contribution is 6.31. The van der Waals surface area contributed by atoms with E-state index in [4.69, 9.17) is 17.3 Å². The third kappa shape index (κ3) is 4.11. The first-order chi connectivity index (χ1) is 7.49. The second-order valence-corrected chi connectivity index (χ2v) is 4.65. The van der Waals surface area contributed by atoms with Crippen LogP contribution in [0.5, 0.6) is 0 Å². The summed E-state index contributed by atoms with van der Waals surface area (Å²) >= 11 is 5.82. The van der Waals surface area contributed by atoms with Crippen LogP contribution in [0.15, 0.2) is 18.2 Å². The minimum atomic E-state index is -0.0253. The molecular weight excluding hydrogens is 224 g/mol. The van der Waals surface area contributed by atoms with Crippen LogP contribution in [0.25, 0.3) is 0 Å². The molecule has 0 radical (unpaired) electrons. The lowest BCUT2D eigenvalue weighted by Crippen LogP contribution is -2.13. The molecule has 0 saturated heterocycles. The molecule has 0 bridgehead atoms. The smallest absolute Gasteiger partial charge is 0.224 e. The summed E-state index contributed by atoms with van der Waals surface area (Å²) in [6.45, 7) is 4.17. The zero-order valence-corrected chi connectivity index (χ0v) is 10.3. The SMILES string of the molecule is CC(C)CCC(=O)Nc1cc(Cl)ccc1N. The van der Waals surface area contributed by atoms with Crippen molar-refractivity contribution in [2.75, 3.05) is 11.1 Å². The predicted molar refractivity (Wildman–Crippen MR) is 68.6 cm³/mol. The molecule has 0 aliphatic heterocycles. The maximum absolute atomic E-state index is 11.6. The number of hydrogen-bond donors (Lipinski definition) is 2. The van der Waals surface area contributed by atoms with Gasteiger partial charge in [0.15, 0.2) is 0 Å². The molecule has 88 valence electrons. The number of hydrogen-bond acceptors (Lipinski definition) is 2. The molecule has 0 aromatic heterocycles. The summed E-state index contributed by atoms with van der Waals surface area (Å²) in [5, 5.41) is 3.32. The van der Waals surface area contributed by atoms with Crippen LogP contribution in [-0.4, -0.2) is 5.91 Å². The van der Waals surface area contributed by atoms with Crippen LogP contribution >= 0.6 is 11.6 Å². The number of nitrogens with two attached hydrogens (primary N) is 1. The van der Waals surface area contributed by atoms with Crippen LogP contribution in [0.1, 0.15) is 26.7 Å². The molecule has 0 aliphatic carbocycles. The Morgan fingerprint density at radius 3 is 2.81 bits per heavy atom. The van der Waals surface area contributed by atoms with Gasteiger partial charge < -0.3 is 11.1 Å². The van der Waals surface area contributed by atoms with Crippen molar-refractivity contribution < 1.29 is 4.79 Å². The maximum Gasteiger partial charge on any atom is 0.224 e. The molecule has 1 amide bonds. The third-order valence-electron chi connectivity index (χ3n) is 2.24. The lowest BCUT2D eigenvalue weighted by atomic mass is 10.1. The lowest BCUT2D eigenvalue weighted by molar-refractivity contribution is -0.116. The Balaban J connectivity index is 2.59. The van der Waals surface area contributed by atoms with Crippen molar-refractivity contribution in [2.24, 2.45) is 5.92 Å². The summed E-state index contributed by atoms with van der Waals surface area (Å²) in [6, 6.07) is 5.03. The first kappa shape index (κ1) is 12.8. The highest BCUT2D eigenvalue weighted by atomic mass is 35.5. The third-order valence-corrected chi connectivity index (χ3v) is 2.47. The van der Waals surface area contributed by atoms with Crippen molar-refractivity contribution in [1.82, 2.24) is 0 Å². The number of nitrogens with one attached hydrogen (secondary N) is 1. The normalized spacial score (nSPS) is 10.5. The van der Waals surface area contributed by atoms with Gasteiger partial charge >= 0.3 is 0 Å². The van der Waals surface area contributed by atoms with Crippen molar-refractivity contribution in [2.45, 2.75) is 26.7 Å². The molecule has 3 N–H and O–H groups in total. The standard InChI is InChI=1S/C12H17ClN2O/c1-8(2)3-6-12(16)15-11-7-9(13)4-5-10(11)14/h4-5,7-8H,3,6,14H2,1-2H3,(H,15,16). The average molecular weight is 241 g/mol. The molecule has 0 spiro atoms. The number of carbonyl (C=O) groups is 1. The number of amides is 1. The minimum Gasteiger partial charge on any atom is -0.397 e. The topological polar surface area (TPSA) is 55.1 Å². The van der Waals surface area contributed by atoms with Crippen molar-refractivity contribution in [3.8, 4) is 0 Å². The summed E-state index contributed by atoms with van der Waals surface area (Å²) in [6.07, 6.45) is 1.37. The fraction of sp³-hybridized carbons (Fsp3) is 0.417. The second kappa shape index (κ2) is 5.75. The average Bonchev–Trinajstić information content (AvgIpc) is 2.20. The van der Waals surface area contributed by atoms with Crippen LogP contribution in [0.4, 0.5) is 11.4 Å². The highest BCUT2D eigenvalue weighted by Gasteiger charge is 2.06. The van der Waals surface area contributed by atoms with Crippen molar-refractivity contribution >= 4 is 28.9 Å². The van der Waals surface area contributed by atoms with E-state index >= 15 is 0 Å². The molecule has 0 aliphatic rings. The maximum atomic E-state index is 11.6. The Hall–Kier alpha value is -1.22. The van der Waals surface area contributed by atoms with Gasteiger partial charge in [-0.2, -0.15) is 0 Å². The quantitative estimate of drug-likeness (QED) is 0.794. The van der Waals surface area contributed by atoms with Gasteiger partial charge in [-0.25, -0.2) is 0 Å². The Labute approximate surface area is 101 Å². The number of halogens is 1. The molecular formula is C12H17ClN2O. The largest absolute Gasteiger partial charge is 0.397 e. The van der Waals surface area contributed by atoms with E-state index in [2.05, 4.69) is 19.2 Å². The number of rotatable bonds is 4. The van der Waals surface area contributed by atoms with E-state index in [0.29, 0.717) is 28.7 Å². The first-order valence-electron chi connectivity index (χ1n) is 5.34. The Kier molecular flexibility index (Phi) is 4.62. The minimum absolute atomic E-state index is 0.0253. The number of anilines is 2. The van der Waals surface area contributed by atoms with Crippen LogP contribution in [-0.2, 0) is 4.79 Å². The second-order valence-electron chi connectivity index (χ2n) is 4.21. The van der Waals surface area contributed by atoms with Gasteiger partial charge in [0.1, 0.15) is 0 Å². The van der Waals surface area contributed by atoms with Gasteiger partial charge in [0.05, 0.1) is 11.4 Å². The summed E-state index contributed by atoms with van der Waals surface area (Å²) < 4.78 is 0. The molecule has 0 fully saturated rings. The van der Waals surface area contributed by atoms with E-state index in [0.717, 1.165) is 6.42 Å². The number of nitrogen functional groups attached to an aromatic ring is 1. The zero-order chi connectivity index (χ0) is 12.1. The van der Waals surface area contributed by atoms with Gasteiger partial charge in [-0.3, -0.25) is 4.79 Å². The highest BCUT2D eigenvalue weighted by Crippen LogP contribution is 2.23. The van der Waals surface area contributed by atoms with E-state index in [1.165, 1.54) is 0 Å². The Morgan fingerprint density at radius 1 is 1.50 bits per heavy atom. The number of carbonyl (C=O) groups excluding carboxylic acids is 1. The van der Waals surface area contributed by atoms with Crippen LogP contribution in [0, 0.1) is 5.92 Å². The van der Waals surface area contributed by atoms with Crippen molar-refractivity contribution in [3.05, 3.63) is 23.2 Å². The van der Waals surface area contributed by atoms with Crippen molar-refractivity contribution in [1.29, 1.82) is 0 Å². The fourth-order valence-corrected chi connectivity index (χ4v) is 1.44. The van der Waals surface area contributed by atoms with Gasteiger partial charge in [-0.15, -0.1) is 0 Å². The monoisotopic (exact) mass is 240 g/mol. The Bertz CT molecular complexity index is 377. The first-order valence-corrected chi connectivity index (χ1v) is 5.71. The van der Waals surface area contributed by atoms with Crippen LogP contribution in [0.2, 0.25) is 5.02 Å². The van der Waals surface area contributed by atoms with Gasteiger partial charge in [0.2, 0.25) is 5.91 Å². The van der Waals surface area contributed by atoms with Gasteiger partial charge in [-0.05, 0) is 30.5 Å². The summed E-state index contributed by atoms with van der Waals surface area (Å²) in [5.41, 5.74) is 6.83. The van der Waals surface area contributed by atoms with Gasteiger partial charge in [-0.1, -0.05) is 25.4 Å². The molecule has 0 unspecified atom stereocenters. The predicted octanol–water partition coefficient (Wildman–Crippen LogP) is 3.30. The van der Waals surface area contributed by atoms with Crippen molar-refractivity contribution in [3.63, 3.8) is 0 Å². The molecule has 4 heteroatoms. The fourth-order valence-electron chi connectivity index (χ4n) is 1.27. The molecule has 3 nitrogen and oxygen atoms in total. The Morgan fingerprint density at radius 2 is 2.19 bits per heavy atom. The molecule has 0 saturated carbocycles. The van der Waals surface area contributed by atoms with E-state index in [-0.39, 0.29) is 5.91 Å². The zero-order valence-electron chi connectivity index (χ0n) is 9.59. The summed E-state index contributed by atoms with van der Waals surface area (Å²) in [5.74, 6) is 0.491. The molecule has 0 heterocycles. The summed E-state index contributed by atoms with van der Waals surface area (Å²) in [7, 11) is 0. The molecule has 16 heavy (non-hydrogen) atoms. The van der Waals surface area contributed by atoms with E-state index < -0.39 is 0 Å². The molecule has 1 rings (SSSR count). The molecule has 1 aromatic rings. The lowest BCUT2D eigenvalue weighted by Gasteiger charge is -2.09. The molecule has 0 atom stereocenters. The van der Waals surface area contributed by atoms with Crippen LogP contribution < -0.4 is 11.1 Å². The van der Waals surface area contributed by atoms with Crippen LogP contribution in [0.3, 0.4) is 0 Å². The van der Waals surface area contributed by atoms with E-state index in [1.807, 2.05) is 0 Å². The van der Waals surface area contributed by atoms with E-state index in [9.17, 15) is 4.79 Å². The number of benzene rings is 1. The van der Waals surface area contributed by atoms with E-state index in [1.54, 1.807) is 18.2 Å². The molecule has 1 aromatic carbocycles. The van der Waals surface area contributed by atoms with Gasteiger partial charge in [0, 0.05) is 11.4 Å². The van der Waals surface area contributed by atoms with Gasteiger partial charge in [0.25, 0.3) is 0 Å².